The minimum absolute atomic E-state index is 0.0378. The third kappa shape index (κ3) is 6.20. The van der Waals surface area contributed by atoms with Crippen LogP contribution in [-0.2, 0) is 0 Å². The van der Waals surface area contributed by atoms with Crippen LogP contribution in [0.4, 0.5) is 13.2 Å². The van der Waals surface area contributed by atoms with Gasteiger partial charge in [0, 0.05) is 11.6 Å². The molecule has 0 bridgehead atoms. The smallest absolute Gasteiger partial charge is 0.162 e. The van der Waals surface area contributed by atoms with Crippen LogP contribution in [0.3, 0.4) is 0 Å². The van der Waals surface area contributed by atoms with Gasteiger partial charge in [-0.05, 0) is 112 Å². The summed E-state index contributed by atoms with van der Waals surface area (Å²) in [5, 5.41) is 0. The maximum absolute atomic E-state index is 15.1. The molecule has 35 heavy (non-hydrogen) atoms. The van der Waals surface area contributed by atoms with Crippen LogP contribution in [0.25, 0.3) is 6.08 Å². The molecule has 2 aromatic rings. The molecule has 0 unspecified atom stereocenters. The molecule has 4 heteroatoms. The van der Waals surface area contributed by atoms with Crippen LogP contribution in [0, 0.1) is 29.3 Å². The van der Waals surface area contributed by atoms with Gasteiger partial charge in [0.05, 0.1) is 6.61 Å². The second kappa shape index (κ2) is 12.0. The summed E-state index contributed by atoms with van der Waals surface area (Å²) in [6, 6.07) is 8.60. The van der Waals surface area contributed by atoms with Gasteiger partial charge in [-0.3, -0.25) is 0 Å². The molecule has 2 saturated carbocycles. The Hall–Kier alpha value is -2.49. The molecule has 0 N–H and O–H groups in total. The van der Waals surface area contributed by atoms with Crippen molar-refractivity contribution in [3.8, 4) is 5.75 Å². The zero-order valence-electron chi connectivity index (χ0n) is 20.9. The van der Waals surface area contributed by atoms with E-state index in [4.69, 9.17) is 4.74 Å². The van der Waals surface area contributed by atoms with Crippen LogP contribution in [0.1, 0.15) is 93.7 Å². The summed E-state index contributed by atoms with van der Waals surface area (Å²) in [6.45, 7) is 4.40. The number of allylic oxidation sites excluding steroid dienone is 3. The molecule has 0 spiro atoms. The molecule has 2 fully saturated rings. The fraction of sp³-hybridized carbons (Fsp3) is 0.484. The average Bonchev–Trinajstić information content (AvgIpc) is 2.87. The zero-order valence-corrected chi connectivity index (χ0v) is 20.9. The fourth-order valence-electron chi connectivity index (χ4n) is 5.87. The van der Waals surface area contributed by atoms with Gasteiger partial charge in [0.1, 0.15) is 11.6 Å². The summed E-state index contributed by atoms with van der Waals surface area (Å²) in [6.07, 6.45) is 15.5. The Labute approximate surface area is 208 Å². The number of halogens is 3. The normalized spacial score (nSPS) is 25.4. The lowest BCUT2D eigenvalue weighted by Gasteiger charge is -2.30. The molecule has 2 aliphatic carbocycles. The number of hydrogen-bond acceptors (Lipinski definition) is 1. The molecule has 2 aromatic carbocycles. The molecule has 0 aromatic heterocycles. The Morgan fingerprint density at radius 1 is 0.771 bits per heavy atom. The standard InChI is InChI=1S/C31H37F3O/c1-3-5-21-6-11-23(12-7-21)27-18-19-28(31(34)30(27)33)24-13-8-22(9-14-24)10-15-25-16-17-26(35-4-2)20-29(25)32/h3,5,10,15-24H,4,6-9,11-14H2,1-2H3/b5-3+,15-10+. The highest BCUT2D eigenvalue weighted by atomic mass is 19.2. The number of rotatable bonds is 7. The van der Waals surface area contributed by atoms with Crippen LogP contribution in [-0.4, -0.2) is 6.61 Å². The highest BCUT2D eigenvalue weighted by Gasteiger charge is 2.29. The summed E-state index contributed by atoms with van der Waals surface area (Å²) in [5.41, 5.74) is 1.62. The fourth-order valence-corrected chi connectivity index (χ4v) is 5.87. The summed E-state index contributed by atoms with van der Waals surface area (Å²) < 4.78 is 49.9. The molecule has 0 radical (unpaired) electrons. The molecule has 0 heterocycles. The molecule has 0 saturated heterocycles. The molecule has 2 aliphatic rings. The lowest BCUT2D eigenvalue weighted by atomic mass is 9.76. The molecule has 1 nitrogen and oxygen atoms in total. The third-order valence-corrected chi connectivity index (χ3v) is 7.86. The van der Waals surface area contributed by atoms with Crippen molar-refractivity contribution >= 4 is 6.08 Å². The predicted molar refractivity (Wildman–Crippen MR) is 137 cm³/mol. The van der Waals surface area contributed by atoms with Gasteiger partial charge in [0.25, 0.3) is 0 Å². The van der Waals surface area contributed by atoms with Gasteiger partial charge in [-0.15, -0.1) is 0 Å². The van der Waals surface area contributed by atoms with E-state index < -0.39 is 11.6 Å². The largest absolute Gasteiger partial charge is 0.494 e. The van der Waals surface area contributed by atoms with Crippen LogP contribution >= 0.6 is 0 Å². The van der Waals surface area contributed by atoms with E-state index in [2.05, 4.69) is 18.2 Å². The van der Waals surface area contributed by atoms with E-state index in [0.717, 1.165) is 51.4 Å². The molecule has 0 aliphatic heterocycles. The summed E-state index contributed by atoms with van der Waals surface area (Å²) >= 11 is 0. The summed E-state index contributed by atoms with van der Waals surface area (Å²) in [4.78, 5) is 0. The van der Waals surface area contributed by atoms with Crippen molar-refractivity contribution in [1.82, 2.24) is 0 Å². The van der Waals surface area contributed by atoms with Gasteiger partial charge in [-0.1, -0.05) is 36.4 Å². The van der Waals surface area contributed by atoms with Crippen molar-refractivity contribution in [3.05, 3.63) is 82.7 Å². The van der Waals surface area contributed by atoms with Crippen molar-refractivity contribution < 1.29 is 17.9 Å². The van der Waals surface area contributed by atoms with E-state index in [9.17, 15) is 4.39 Å². The Bertz CT molecular complexity index is 1040. The molecule has 0 amide bonds. The van der Waals surface area contributed by atoms with Crippen molar-refractivity contribution in [3.63, 3.8) is 0 Å². The Balaban J connectivity index is 1.35. The highest BCUT2D eigenvalue weighted by Crippen LogP contribution is 2.42. The quantitative estimate of drug-likeness (QED) is 0.357. The van der Waals surface area contributed by atoms with Crippen LogP contribution < -0.4 is 4.74 Å². The van der Waals surface area contributed by atoms with E-state index in [1.54, 1.807) is 12.1 Å². The van der Waals surface area contributed by atoms with Gasteiger partial charge < -0.3 is 4.74 Å². The number of hydrogen-bond donors (Lipinski definition) is 0. The van der Waals surface area contributed by atoms with Crippen LogP contribution in [0.15, 0.2) is 48.6 Å². The molecule has 188 valence electrons. The first-order chi connectivity index (χ1) is 17.0. The number of ether oxygens (including phenoxy) is 1. The first-order valence-corrected chi connectivity index (χ1v) is 13.2. The second-order valence-electron chi connectivity index (χ2n) is 10.1. The van der Waals surface area contributed by atoms with Crippen molar-refractivity contribution in [1.29, 1.82) is 0 Å². The van der Waals surface area contributed by atoms with Crippen molar-refractivity contribution in [2.24, 2.45) is 11.8 Å². The lowest BCUT2D eigenvalue weighted by Crippen LogP contribution is -2.16. The maximum Gasteiger partial charge on any atom is 0.162 e. The highest BCUT2D eigenvalue weighted by molar-refractivity contribution is 5.52. The first kappa shape index (κ1) is 25.6. The van der Waals surface area contributed by atoms with E-state index in [-0.39, 0.29) is 17.7 Å². The topological polar surface area (TPSA) is 9.23 Å². The van der Waals surface area contributed by atoms with Crippen LogP contribution in [0.2, 0.25) is 0 Å². The van der Waals surface area contributed by atoms with E-state index >= 15 is 8.78 Å². The van der Waals surface area contributed by atoms with Gasteiger partial charge in [0.2, 0.25) is 0 Å². The predicted octanol–water partition coefficient (Wildman–Crippen LogP) is 9.34. The van der Waals surface area contributed by atoms with Gasteiger partial charge in [0.15, 0.2) is 11.6 Å². The lowest BCUT2D eigenvalue weighted by molar-refractivity contribution is 0.338. The summed E-state index contributed by atoms with van der Waals surface area (Å²) in [5.74, 6) is -0.00766. The van der Waals surface area contributed by atoms with Crippen LogP contribution in [0.5, 0.6) is 5.75 Å². The monoisotopic (exact) mass is 482 g/mol. The minimum Gasteiger partial charge on any atom is -0.494 e. The summed E-state index contributed by atoms with van der Waals surface area (Å²) in [7, 11) is 0. The van der Waals surface area contributed by atoms with Gasteiger partial charge in [-0.2, -0.15) is 0 Å². The molecular weight excluding hydrogens is 445 g/mol. The van der Waals surface area contributed by atoms with E-state index in [1.807, 2.05) is 32.1 Å². The SMILES string of the molecule is C/C=C/C1CCC(c2ccc(C3CCC(/C=C/c4ccc(OCC)cc4F)CC3)c(F)c2F)CC1. The minimum atomic E-state index is -0.645. The number of benzene rings is 2. The molecule has 4 rings (SSSR count). The Kier molecular flexibility index (Phi) is 8.75. The van der Waals surface area contributed by atoms with Gasteiger partial charge >= 0.3 is 0 Å². The average molecular weight is 483 g/mol. The molecule has 0 atom stereocenters. The maximum atomic E-state index is 15.1. The first-order valence-electron chi connectivity index (χ1n) is 13.2. The Morgan fingerprint density at radius 3 is 1.80 bits per heavy atom. The Morgan fingerprint density at radius 2 is 1.31 bits per heavy atom. The zero-order chi connectivity index (χ0) is 24.8. The third-order valence-electron chi connectivity index (χ3n) is 7.86. The van der Waals surface area contributed by atoms with Crippen molar-refractivity contribution in [2.45, 2.75) is 77.0 Å². The molecular formula is C31H37F3O. The van der Waals surface area contributed by atoms with Gasteiger partial charge in [-0.25, -0.2) is 13.2 Å². The van der Waals surface area contributed by atoms with E-state index in [0.29, 0.717) is 40.9 Å². The van der Waals surface area contributed by atoms with Crippen molar-refractivity contribution in [2.75, 3.05) is 6.61 Å². The van der Waals surface area contributed by atoms with E-state index in [1.165, 1.54) is 6.07 Å². The second-order valence-corrected chi connectivity index (χ2v) is 10.1.